The highest BCUT2D eigenvalue weighted by Crippen LogP contribution is 2.31. The largest absolute Gasteiger partial charge is 0.464 e. The number of aromatic nitrogens is 2. The molecule has 1 aromatic heterocycles. The second kappa shape index (κ2) is 7.36. The first-order valence-electron chi connectivity index (χ1n) is 8.17. The second-order valence-corrected chi connectivity index (χ2v) is 8.18. The van der Waals surface area contributed by atoms with Crippen LogP contribution >= 0.6 is 0 Å². The van der Waals surface area contributed by atoms with Crippen LogP contribution in [0.4, 0.5) is 13.2 Å². The van der Waals surface area contributed by atoms with E-state index in [1.165, 1.54) is 54.3 Å². The lowest BCUT2D eigenvalue weighted by Crippen LogP contribution is -2.07. The molecule has 2 aromatic carbocycles. The molecular formula is C19H15F3N2O4S. The van der Waals surface area contributed by atoms with Crippen molar-refractivity contribution >= 4 is 15.8 Å². The number of hydrogen-bond donors (Lipinski definition) is 0. The Balaban J connectivity index is 2.12. The Kier molecular flexibility index (Phi) is 5.22. The van der Waals surface area contributed by atoms with Crippen molar-refractivity contribution in [1.82, 2.24) is 9.78 Å². The first kappa shape index (κ1) is 20.6. The number of alkyl halides is 3. The number of methoxy groups -OCH3 is 1. The Morgan fingerprint density at radius 2 is 1.62 bits per heavy atom. The van der Waals surface area contributed by atoms with E-state index >= 15 is 0 Å². The Morgan fingerprint density at radius 1 is 1.03 bits per heavy atom. The van der Waals surface area contributed by atoms with Crippen LogP contribution in [0.1, 0.15) is 16.1 Å². The van der Waals surface area contributed by atoms with Crippen molar-refractivity contribution in [2.24, 2.45) is 0 Å². The van der Waals surface area contributed by atoms with E-state index in [2.05, 4.69) is 9.84 Å². The topological polar surface area (TPSA) is 78.3 Å². The fraction of sp³-hybridized carbons (Fsp3) is 0.158. The summed E-state index contributed by atoms with van der Waals surface area (Å²) in [6.45, 7) is 0. The van der Waals surface area contributed by atoms with E-state index in [1.807, 2.05) is 0 Å². The van der Waals surface area contributed by atoms with E-state index in [1.54, 1.807) is 0 Å². The van der Waals surface area contributed by atoms with Gasteiger partial charge in [-0.05, 0) is 42.5 Å². The number of sulfone groups is 1. The summed E-state index contributed by atoms with van der Waals surface area (Å²) in [5.41, 5.74) is 0.316. The quantitative estimate of drug-likeness (QED) is 0.596. The molecule has 152 valence electrons. The lowest BCUT2D eigenvalue weighted by molar-refractivity contribution is -0.137. The average molecular weight is 424 g/mol. The molecule has 29 heavy (non-hydrogen) atoms. The van der Waals surface area contributed by atoms with Gasteiger partial charge in [-0.25, -0.2) is 17.9 Å². The molecule has 0 aliphatic rings. The van der Waals surface area contributed by atoms with Gasteiger partial charge in [0, 0.05) is 11.8 Å². The summed E-state index contributed by atoms with van der Waals surface area (Å²) >= 11 is 0. The normalized spacial score (nSPS) is 12.0. The van der Waals surface area contributed by atoms with Gasteiger partial charge in [0.15, 0.2) is 15.5 Å². The summed E-state index contributed by atoms with van der Waals surface area (Å²) in [5.74, 6) is -0.718. The van der Waals surface area contributed by atoms with Crippen LogP contribution in [-0.2, 0) is 20.8 Å². The summed E-state index contributed by atoms with van der Waals surface area (Å²) in [6.07, 6.45) is -3.41. The zero-order valence-corrected chi connectivity index (χ0v) is 16.1. The van der Waals surface area contributed by atoms with Crippen LogP contribution in [0.2, 0.25) is 0 Å². The van der Waals surface area contributed by atoms with E-state index in [4.69, 9.17) is 0 Å². The maximum absolute atomic E-state index is 12.8. The van der Waals surface area contributed by atoms with Gasteiger partial charge in [-0.15, -0.1) is 0 Å². The minimum absolute atomic E-state index is 0.0467. The van der Waals surface area contributed by atoms with Crippen LogP contribution in [0.3, 0.4) is 0 Å². The van der Waals surface area contributed by atoms with Crippen molar-refractivity contribution in [2.75, 3.05) is 13.4 Å². The van der Waals surface area contributed by atoms with Crippen LogP contribution in [0.5, 0.6) is 0 Å². The van der Waals surface area contributed by atoms with Crippen molar-refractivity contribution in [3.63, 3.8) is 0 Å². The lowest BCUT2D eigenvalue weighted by Gasteiger charge is -2.10. The summed E-state index contributed by atoms with van der Waals surface area (Å²) in [6, 6.07) is 11.5. The first-order chi connectivity index (χ1) is 13.5. The van der Waals surface area contributed by atoms with Crippen LogP contribution in [0.15, 0.2) is 59.5 Å². The van der Waals surface area contributed by atoms with E-state index < -0.39 is 27.5 Å². The van der Waals surface area contributed by atoms with Crippen LogP contribution in [-0.4, -0.2) is 37.5 Å². The number of ether oxygens (including phenoxy) is 1. The summed E-state index contributed by atoms with van der Waals surface area (Å²) in [5, 5.41) is 4.13. The maximum atomic E-state index is 12.8. The van der Waals surface area contributed by atoms with E-state index in [0.29, 0.717) is 11.3 Å². The van der Waals surface area contributed by atoms with Crippen LogP contribution < -0.4 is 0 Å². The highest BCUT2D eigenvalue weighted by Gasteiger charge is 2.30. The van der Waals surface area contributed by atoms with E-state index in [-0.39, 0.29) is 16.3 Å². The molecule has 0 radical (unpaired) electrons. The number of halogens is 3. The molecule has 3 aromatic rings. The standard InChI is InChI=1S/C19H15F3N2O4S/c1-28-18(25)16-11-17(12-3-9-15(10-4-12)29(2,26)27)24(23-16)14-7-5-13(6-8-14)19(20,21)22/h3-11H,1-2H3. The third-order valence-corrected chi connectivity index (χ3v) is 5.25. The van der Waals surface area contributed by atoms with Crippen LogP contribution in [0, 0.1) is 0 Å². The highest BCUT2D eigenvalue weighted by molar-refractivity contribution is 7.90. The third kappa shape index (κ3) is 4.32. The average Bonchev–Trinajstić information content (AvgIpc) is 3.11. The molecule has 0 unspecified atom stereocenters. The Morgan fingerprint density at radius 3 is 2.10 bits per heavy atom. The predicted octanol–water partition coefficient (Wildman–Crippen LogP) is 3.75. The highest BCUT2D eigenvalue weighted by atomic mass is 32.2. The summed E-state index contributed by atoms with van der Waals surface area (Å²) in [7, 11) is -2.22. The molecular weight excluding hydrogens is 409 g/mol. The number of carbonyl (C=O) groups is 1. The maximum Gasteiger partial charge on any atom is 0.416 e. The zero-order valence-electron chi connectivity index (χ0n) is 15.3. The van der Waals surface area contributed by atoms with Crippen molar-refractivity contribution in [3.05, 3.63) is 65.9 Å². The molecule has 0 bridgehead atoms. The van der Waals surface area contributed by atoms with Crippen LogP contribution in [0.25, 0.3) is 16.9 Å². The molecule has 1 heterocycles. The molecule has 0 aliphatic carbocycles. The molecule has 0 amide bonds. The zero-order chi connectivity index (χ0) is 21.4. The monoisotopic (exact) mass is 424 g/mol. The summed E-state index contributed by atoms with van der Waals surface area (Å²) < 4.78 is 67.7. The predicted molar refractivity (Wildman–Crippen MR) is 98.5 cm³/mol. The molecule has 0 spiro atoms. The van der Waals surface area contributed by atoms with Gasteiger partial charge in [0.05, 0.1) is 29.0 Å². The molecule has 0 N–H and O–H groups in total. The Hall–Kier alpha value is -3.14. The lowest BCUT2D eigenvalue weighted by atomic mass is 10.1. The van der Waals surface area contributed by atoms with Crippen molar-refractivity contribution < 1.29 is 31.1 Å². The molecule has 0 fully saturated rings. The first-order valence-corrected chi connectivity index (χ1v) is 10.1. The Bertz CT molecular complexity index is 1150. The molecule has 0 aliphatic heterocycles. The smallest absolute Gasteiger partial charge is 0.416 e. The molecule has 10 heteroatoms. The number of nitrogens with zero attached hydrogens (tertiary/aromatic N) is 2. The van der Waals surface area contributed by atoms with Gasteiger partial charge < -0.3 is 4.74 Å². The van der Waals surface area contributed by atoms with E-state index in [0.717, 1.165) is 18.4 Å². The minimum Gasteiger partial charge on any atom is -0.464 e. The van der Waals surface area contributed by atoms with Crippen molar-refractivity contribution in [2.45, 2.75) is 11.1 Å². The number of benzene rings is 2. The van der Waals surface area contributed by atoms with E-state index in [9.17, 15) is 26.4 Å². The second-order valence-electron chi connectivity index (χ2n) is 6.16. The number of carbonyl (C=O) groups excluding carboxylic acids is 1. The molecule has 0 saturated heterocycles. The van der Waals surface area contributed by atoms with Crippen molar-refractivity contribution in [3.8, 4) is 16.9 Å². The number of hydrogen-bond acceptors (Lipinski definition) is 5. The van der Waals surface area contributed by atoms with Gasteiger partial charge in [-0.3, -0.25) is 0 Å². The van der Waals surface area contributed by atoms with Gasteiger partial charge >= 0.3 is 12.1 Å². The molecule has 0 saturated carbocycles. The minimum atomic E-state index is -4.48. The van der Waals surface area contributed by atoms with Gasteiger partial charge in [0.25, 0.3) is 0 Å². The number of rotatable bonds is 4. The van der Waals surface area contributed by atoms with Gasteiger partial charge in [-0.1, -0.05) is 12.1 Å². The number of esters is 1. The fourth-order valence-electron chi connectivity index (χ4n) is 2.65. The third-order valence-electron chi connectivity index (χ3n) is 4.12. The molecule has 6 nitrogen and oxygen atoms in total. The van der Waals surface area contributed by atoms with Gasteiger partial charge in [0.1, 0.15) is 0 Å². The Labute approximate surface area is 164 Å². The SMILES string of the molecule is COC(=O)c1cc(-c2ccc(S(C)(=O)=O)cc2)n(-c2ccc(C(F)(F)F)cc2)n1. The molecule has 0 atom stereocenters. The van der Waals surface area contributed by atoms with Crippen molar-refractivity contribution in [1.29, 1.82) is 0 Å². The summed E-state index contributed by atoms with van der Waals surface area (Å²) in [4.78, 5) is 12.0. The molecule has 3 rings (SSSR count). The van der Waals surface area contributed by atoms with Gasteiger partial charge in [0.2, 0.25) is 0 Å². The van der Waals surface area contributed by atoms with Gasteiger partial charge in [-0.2, -0.15) is 18.3 Å². The fourth-order valence-corrected chi connectivity index (χ4v) is 3.28.